The van der Waals surface area contributed by atoms with E-state index in [2.05, 4.69) is 23.4 Å². The van der Waals surface area contributed by atoms with Crippen LogP contribution < -0.4 is 5.32 Å². The van der Waals surface area contributed by atoms with Gasteiger partial charge in [-0.15, -0.1) is 0 Å². The summed E-state index contributed by atoms with van der Waals surface area (Å²) in [6.45, 7) is 0.548. The highest BCUT2D eigenvalue weighted by Gasteiger charge is 2.36. The Morgan fingerprint density at radius 1 is 1.50 bits per heavy atom. The molecular weight excluding hydrogens is 270 g/mol. The molecule has 1 saturated carbocycles. The zero-order chi connectivity index (χ0) is 14.4. The summed E-state index contributed by atoms with van der Waals surface area (Å²) in [7, 11) is 0. The molecule has 0 heterocycles. The molecule has 0 spiro atoms. The van der Waals surface area contributed by atoms with E-state index in [9.17, 15) is 4.79 Å². The van der Waals surface area contributed by atoms with E-state index in [4.69, 9.17) is 5.11 Å². The van der Waals surface area contributed by atoms with E-state index in [-0.39, 0.29) is 17.3 Å². The van der Waals surface area contributed by atoms with Crippen LogP contribution in [-0.4, -0.2) is 35.2 Å². The van der Waals surface area contributed by atoms with Gasteiger partial charge in [-0.25, -0.2) is 0 Å². The molecule has 0 radical (unpaired) electrons. The highest BCUT2D eigenvalue weighted by molar-refractivity contribution is 8.00. The van der Waals surface area contributed by atoms with Gasteiger partial charge in [-0.1, -0.05) is 24.3 Å². The highest BCUT2D eigenvalue weighted by atomic mass is 32.2. The molecule has 1 fully saturated rings. The predicted octanol–water partition coefficient (Wildman–Crippen LogP) is 2.05. The molecule has 3 nitrogen and oxygen atoms in total. The molecule has 2 N–H and O–H groups in total. The molecular formula is C16H19NO2S. The lowest BCUT2D eigenvalue weighted by molar-refractivity contribution is 0.0944. The molecule has 0 unspecified atom stereocenters. The third-order valence-electron chi connectivity index (χ3n) is 3.71. The second-order valence-electron chi connectivity index (χ2n) is 4.96. The van der Waals surface area contributed by atoms with Gasteiger partial charge in [0.05, 0.1) is 0 Å². The van der Waals surface area contributed by atoms with Gasteiger partial charge in [0.15, 0.2) is 0 Å². The van der Waals surface area contributed by atoms with Crippen molar-refractivity contribution in [3.05, 3.63) is 35.4 Å². The van der Waals surface area contributed by atoms with Crippen LogP contribution in [0.15, 0.2) is 24.3 Å². The van der Waals surface area contributed by atoms with Crippen LogP contribution in [0.3, 0.4) is 0 Å². The Labute approximate surface area is 124 Å². The molecule has 1 aromatic carbocycles. The number of carbonyl (C=O) groups is 1. The van der Waals surface area contributed by atoms with Crippen LogP contribution in [0.4, 0.5) is 0 Å². The van der Waals surface area contributed by atoms with E-state index in [1.807, 2.05) is 23.9 Å². The molecule has 2 rings (SSSR count). The lowest BCUT2D eigenvalue weighted by Crippen LogP contribution is -2.45. The second-order valence-corrected chi connectivity index (χ2v) is 6.24. The van der Waals surface area contributed by atoms with Gasteiger partial charge in [0.25, 0.3) is 5.91 Å². The van der Waals surface area contributed by atoms with E-state index in [1.54, 1.807) is 12.1 Å². The molecule has 0 atom stereocenters. The van der Waals surface area contributed by atoms with Crippen LogP contribution in [0.25, 0.3) is 0 Å². The average molecular weight is 289 g/mol. The van der Waals surface area contributed by atoms with E-state index >= 15 is 0 Å². The number of aliphatic hydroxyl groups is 1. The minimum atomic E-state index is -0.174. The van der Waals surface area contributed by atoms with Crippen LogP contribution in [0.5, 0.6) is 0 Å². The van der Waals surface area contributed by atoms with Crippen molar-refractivity contribution in [1.29, 1.82) is 0 Å². The van der Waals surface area contributed by atoms with Crippen molar-refractivity contribution in [3.63, 3.8) is 0 Å². The van der Waals surface area contributed by atoms with Gasteiger partial charge in [0, 0.05) is 22.4 Å². The van der Waals surface area contributed by atoms with Gasteiger partial charge in [-0.2, -0.15) is 11.8 Å². The Hall–Kier alpha value is -1.44. The molecule has 1 aromatic rings. The highest BCUT2D eigenvalue weighted by Crippen LogP contribution is 2.42. The van der Waals surface area contributed by atoms with Crippen LogP contribution in [0, 0.1) is 11.8 Å². The van der Waals surface area contributed by atoms with Crippen molar-refractivity contribution in [2.45, 2.75) is 24.0 Å². The molecule has 106 valence electrons. The number of aliphatic hydroxyl groups excluding tert-OH is 1. The molecule has 4 heteroatoms. The fourth-order valence-corrected chi connectivity index (χ4v) is 3.16. The number of rotatable bonds is 4. The summed E-state index contributed by atoms with van der Waals surface area (Å²) in [4.78, 5) is 12.2. The summed E-state index contributed by atoms with van der Waals surface area (Å²) in [5.74, 6) is 5.34. The zero-order valence-electron chi connectivity index (χ0n) is 11.6. The molecule has 1 aliphatic rings. The first-order chi connectivity index (χ1) is 9.69. The summed E-state index contributed by atoms with van der Waals surface area (Å²) in [5, 5.41) is 11.7. The van der Waals surface area contributed by atoms with Gasteiger partial charge in [0.1, 0.15) is 6.61 Å². The number of hydrogen-bond acceptors (Lipinski definition) is 3. The van der Waals surface area contributed by atoms with E-state index < -0.39 is 0 Å². The van der Waals surface area contributed by atoms with Gasteiger partial charge < -0.3 is 10.4 Å². The summed E-state index contributed by atoms with van der Waals surface area (Å²) < 4.78 is 0.240. The second kappa shape index (κ2) is 6.83. The fourth-order valence-electron chi connectivity index (χ4n) is 2.25. The van der Waals surface area contributed by atoms with Crippen molar-refractivity contribution in [2.75, 3.05) is 19.4 Å². The molecule has 0 bridgehead atoms. The Kier molecular flexibility index (Phi) is 5.11. The Morgan fingerprint density at radius 2 is 2.30 bits per heavy atom. The van der Waals surface area contributed by atoms with Gasteiger partial charge in [-0.05, 0) is 37.3 Å². The van der Waals surface area contributed by atoms with Gasteiger partial charge in [-0.3, -0.25) is 4.79 Å². The van der Waals surface area contributed by atoms with Crippen molar-refractivity contribution in [1.82, 2.24) is 5.32 Å². The number of thioether (sulfide) groups is 1. The number of amides is 1. The Morgan fingerprint density at radius 3 is 2.90 bits per heavy atom. The zero-order valence-corrected chi connectivity index (χ0v) is 12.4. The normalized spacial score (nSPS) is 15.7. The fraction of sp³-hybridized carbons (Fsp3) is 0.438. The summed E-state index contributed by atoms with van der Waals surface area (Å²) in [6, 6.07) is 7.18. The Balaban J connectivity index is 1.98. The monoisotopic (exact) mass is 289 g/mol. The molecule has 1 aliphatic carbocycles. The standard InChI is InChI=1S/C16H19NO2S/c1-20-16(8-4-9-16)12-17-15(19)14-7-2-5-13(11-14)6-3-10-18/h2,5,7,11,18H,4,8-10,12H2,1H3,(H,17,19). The Bertz CT molecular complexity index is 535. The third-order valence-corrected chi connectivity index (χ3v) is 5.12. The van der Waals surface area contributed by atoms with Crippen LogP contribution in [0.2, 0.25) is 0 Å². The molecule has 0 aromatic heterocycles. The first-order valence-corrected chi connectivity index (χ1v) is 7.95. The van der Waals surface area contributed by atoms with Crippen LogP contribution in [0.1, 0.15) is 35.2 Å². The van der Waals surface area contributed by atoms with E-state index in [0.29, 0.717) is 5.56 Å². The first kappa shape index (κ1) is 15.0. The van der Waals surface area contributed by atoms with E-state index in [1.165, 1.54) is 19.3 Å². The molecule has 0 aliphatic heterocycles. The summed E-state index contributed by atoms with van der Waals surface area (Å²) in [5.41, 5.74) is 1.36. The maximum atomic E-state index is 12.2. The van der Waals surface area contributed by atoms with Crippen molar-refractivity contribution >= 4 is 17.7 Å². The average Bonchev–Trinajstić information content (AvgIpc) is 2.44. The topological polar surface area (TPSA) is 49.3 Å². The first-order valence-electron chi connectivity index (χ1n) is 6.72. The van der Waals surface area contributed by atoms with Crippen molar-refractivity contribution in [3.8, 4) is 11.8 Å². The molecule has 20 heavy (non-hydrogen) atoms. The lowest BCUT2D eigenvalue weighted by Gasteiger charge is -2.40. The number of benzene rings is 1. The smallest absolute Gasteiger partial charge is 0.251 e. The predicted molar refractivity (Wildman–Crippen MR) is 82.8 cm³/mol. The van der Waals surface area contributed by atoms with Crippen molar-refractivity contribution < 1.29 is 9.90 Å². The van der Waals surface area contributed by atoms with Crippen LogP contribution >= 0.6 is 11.8 Å². The molecule has 0 saturated heterocycles. The lowest BCUT2D eigenvalue weighted by atomic mass is 9.84. The summed E-state index contributed by atoms with van der Waals surface area (Å²) >= 11 is 1.85. The largest absolute Gasteiger partial charge is 0.384 e. The van der Waals surface area contributed by atoms with E-state index in [0.717, 1.165) is 12.1 Å². The maximum absolute atomic E-state index is 12.2. The number of nitrogens with one attached hydrogen (secondary N) is 1. The summed E-state index contributed by atoms with van der Waals surface area (Å²) in [6.07, 6.45) is 5.71. The SMILES string of the molecule is CSC1(CNC(=O)c2cccc(C#CCO)c2)CCC1. The minimum Gasteiger partial charge on any atom is -0.384 e. The van der Waals surface area contributed by atoms with Crippen LogP contribution in [-0.2, 0) is 0 Å². The quantitative estimate of drug-likeness (QED) is 0.834. The van der Waals surface area contributed by atoms with Gasteiger partial charge >= 0.3 is 0 Å². The molecule has 1 amide bonds. The number of hydrogen-bond donors (Lipinski definition) is 2. The minimum absolute atomic E-state index is 0.0574. The van der Waals surface area contributed by atoms with Gasteiger partial charge in [0.2, 0.25) is 0 Å². The maximum Gasteiger partial charge on any atom is 0.251 e. The third kappa shape index (κ3) is 3.56. The van der Waals surface area contributed by atoms with Crippen molar-refractivity contribution in [2.24, 2.45) is 0 Å². The number of carbonyl (C=O) groups excluding carboxylic acids is 1.